The number of thiophene rings is 1. The standard InChI is InChI=1S/C17H15FIN3O4S/c1-25-10-7-11-14(15(24)22-26-5-4-23)17(27-16(11)20-8-10)21-13-3-2-9(19)6-12(13)18/h2-3,6-8,21,23H,4-5H2,1H3,(H,22,24). The van der Waals surface area contributed by atoms with Gasteiger partial charge in [0.05, 0.1) is 37.8 Å². The van der Waals surface area contributed by atoms with Crippen molar-refractivity contribution in [2.24, 2.45) is 0 Å². The predicted molar refractivity (Wildman–Crippen MR) is 109 cm³/mol. The van der Waals surface area contributed by atoms with Gasteiger partial charge in [-0.2, -0.15) is 0 Å². The van der Waals surface area contributed by atoms with Crippen molar-refractivity contribution >= 4 is 60.7 Å². The lowest BCUT2D eigenvalue weighted by Gasteiger charge is -2.09. The predicted octanol–water partition coefficient (Wildman–Crippen LogP) is 3.45. The molecule has 1 amide bonds. The lowest BCUT2D eigenvalue weighted by atomic mass is 10.2. The Kier molecular flexibility index (Phi) is 6.42. The molecule has 3 rings (SSSR count). The van der Waals surface area contributed by atoms with Crippen LogP contribution in [0.25, 0.3) is 10.2 Å². The van der Waals surface area contributed by atoms with Crippen LogP contribution in [0, 0.1) is 9.39 Å². The minimum absolute atomic E-state index is 0.0517. The van der Waals surface area contributed by atoms with E-state index in [-0.39, 0.29) is 24.5 Å². The van der Waals surface area contributed by atoms with Crippen LogP contribution in [0.1, 0.15) is 10.4 Å². The highest BCUT2D eigenvalue weighted by atomic mass is 127. The molecular weight excluding hydrogens is 488 g/mol. The monoisotopic (exact) mass is 503 g/mol. The first-order valence-electron chi connectivity index (χ1n) is 7.75. The van der Waals surface area contributed by atoms with Gasteiger partial charge in [-0.15, -0.1) is 0 Å². The van der Waals surface area contributed by atoms with Gasteiger partial charge in [-0.3, -0.25) is 9.63 Å². The largest absolute Gasteiger partial charge is 0.495 e. The second-order valence-electron chi connectivity index (χ2n) is 5.29. The molecule has 0 unspecified atom stereocenters. The van der Waals surface area contributed by atoms with Gasteiger partial charge < -0.3 is 15.2 Å². The highest BCUT2D eigenvalue weighted by Crippen LogP contribution is 2.38. The fraction of sp³-hybridized carbons (Fsp3) is 0.176. The number of ether oxygens (including phenoxy) is 1. The van der Waals surface area contributed by atoms with Crippen molar-refractivity contribution in [2.75, 3.05) is 25.6 Å². The first-order chi connectivity index (χ1) is 13.0. The Morgan fingerprint density at radius 2 is 2.22 bits per heavy atom. The third kappa shape index (κ3) is 4.46. The Bertz CT molecular complexity index is 982. The van der Waals surface area contributed by atoms with E-state index in [1.165, 1.54) is 30.7 Å². The molecule has 0 saturated carbocycles. The SMILES string of the molecule is COc1cnc2sc(Nc3ccc(I)cc3F)c(C(=O)NOCCO)c2c1. The van der Waals surface area contributed by atoms with Crippen LogP contribution in [-0.4, -0.2) is 36.3 Å². The number of amides is 1. The van der Waals surface area contributed by atoms with E-state index < -0.39 is 11.7 Å². The van der Waals surface area contributed by atoms with Crippen LogP contribution in [0.15, 0.2) is 30.5 Å². The molecule has 0 atom stereocenters. The number of hydroxylamine groups is 1. The van der Waals surface area contributed by atoms with Crippen LogP contribution in [0.4, 0.5) is 15.1 Å². The molecule has 0 bridgehead atoms. The molecule has 3 aromatic rings. The molecular formula is C17H15FIN3O4S. The van der Waals surface area contributed by atoms with Crippen molar-refractivity contribution in [1.29, 1.82) is 0 Å². The van der Waals surface area contributed by atoms with Crippen LogP contribution in [0.5, 0.6) is 5.75 Å². The number of benzene rings is 1. The molecule has 27 heavy (non-hydrogen) atoms. The Labute approximate surface area is 171 Å². The van der Waals surface area contributed by atoms with Crippen molar-refractivity contribution in [3.05, 3.63) is 45.4 Å². The van der Waals surface area contributed by atoms with Gasteiger partial charge in [0.2, 0.25) is 0 Å². The minimum Gasteiger partial charge on any atom is -0.495 e. The van der Waals surface area contributed by atoms with Gasteiger partial charge in [0.25, 0.3) is 5.91 Å². The Morgan fingerprint density at radius 1 is 1.41 bits per heavy atom. The zero-order valence-corrected chi connectivity index (χ0v) is 17.1. The number of nitrogens with one attached hydrogen (secondary N) is 2. The topological polar surface area (TPSA) is 92.7 Å². The number of aliphatic hydroxyl groups excluding tert-OH is 1. The average molecular weight is 503 g/mol. The van der Waals surface area contributed by atoms with E-state index in [4.69, 9.17) is 14.7 Å². The summed E-state index contributed by atoms with van der Waals surface area (Å²) in [6.45, 7) is -0.289. The summed E-state index contributed by atoms with van der Waals surface area (Å²) in [5, 5.41) is 12.7. The van der Waals surface area contributed by atoms with E-state index in [2.05, 4.69) is 15.8 Å². The minimum atomic E-state index is -0.543. The van der Waals surface area contributed by atoms with E-state index in [1.807, 2.05) is 22.6 Å². The van der Waals surface area contributed by atoms with Gasteiger partial charge in [-0.1, -0.05) is 11.3 Å². The second-order valence-corrected chi connectivity index (χ2v) is 7.53. The molecule has 0 aliphatic rings. The third-order valence-electron chi connectivity index (χ3n) is 3.52. The molecule has 7 nitrogen and oxygen atoms in total. The number of fused-ring (bicyclic) bond motifs is 1. The summed E-state index contributed by atoms with van der Waals surface area (Å²) in [6.07, 6.45) is 1.54. The Hall–Kier alpha value is -2.02. The maximum atomic E-state index is 14.2. The number of pyridine rings is 1. The molecule has 0 radical (unpaired) electrons. The first kappa shape index (κ1) is 19.7. The van der Waals surface area contributed by atoms with E-state index in [9.17, 15) is 9.18 Å². The summed E-state index contributed by atoms with van der Waals surface area (Å²) in [4.78, 5) is 22.4. The lowest BCUT2D eigenvalue weighted by molar-refractivity contribution is 0.0170. The summed E-state index contributed by atoms with van der Waals surface area (Å²) in [7, 11) is 1.50. The summed E-state index contributed by atoms with van der Waals surface area (Å²) in [5.74, 6) is -0.497. The maximum absolute atomic E-state index is 14.2. The summed E-state index contributed by atoms with van der Waals surface area (Å²) in [6, 6.07) is 6.42. The van der Waals surface area contributed by atoms with Crippen LogP contribution in [0.3, 0.4) is 0 Å². The highest BCUT2D eigenvalue weighted by molar-refractivity contribution is 14.1. The fourth-order valence-corrected chi connectivity index (χ4v) is 3.80. The molecule has 3 N–H and O–H groups in total. The van der Waals surface area contributed by atoms with Gasteiger partial charge in [0.1, 0.15) is 21.4 Å². The van der Waals surface area contributed by atoms with Crippen LogP contribution >= 0.6 is 33.9 Å². The van der Waals surface area contributed by atoms with Gasteiger partial charge in [0.15, 0.2) is 0 Å². The van der Waals surface area contributed by atoms with E-state index in [1.54, 1.807) is 18.2 Å². The highest BCUT2D eigenvalue weighted by Gasteiger charge is 2.22. The van der Waals surface area contributed by atoms with Crippen LogP contribution in [-0.2, 0) is 4.84 Å². The summed E-state index contributed by atoms with van der Waals surface area (Å²) < 4.78 is 20.2. The molecule has 0 saturated heterocycles. The number of hydrogen-bond acceptors (Lipinski definition) is 7. The number of anilines is 2. The van der Waals surface area contributed by atoms with E-state index in [0.717, 1.165) is 3.57 Å². The van der Waals surface area contributed by atoms with Gasteiger partial charge in [-0.05, 0) is 46.9 Å². The number of carbonyl (C=O) groups excluding carboxylic acids is 1. The van der Waals surface area contributed by atoms with Crippen molar-refractivity contribution in [2.45, 2.75) is 0 Å². The second kappa shape index (κ2) is 8.78. The number of halogens is 2. The molecule has 10 heteroatoms. The number of nitrogens with zero attached hydrogens (tertiary/aromatic N) is 1. The van der Waals surface area contributed by atoms with Gasteiger partial charge >= 0.3 is 0 Å². The Morgan fingerprint density at radius 3 is 2.93 bits per heavy atom. The third-order valence-corrected chi connectivity index (χ3v) is 5.22. The van der Waals surface area contributed by atoms with E-state index >= 15 is 0 Å². The number of aromatic nitrogens is 1. The molecule has 2 heterocycles. The molecule has 0 fully saturated rings. The molecule has 0 spiro atoms. The fourth-order valence-electron chi connectivity index (χ4n) is 2.31. The Balaban J connectivity index is 2.04. The maximum Gasteiger partial charge on any atom is 0.278 e. The zero-order valence-electron chi connectivity index (χ0n) is 14.1. The van der Waals surface area contributed by atoms with Crippen molar-refractivity contribution in [3.63, 3.8) is 0 Å². The lowest BCUT2D eigenvalue weighted by Crippen LogP contribution is -2.25. The smallest absolute Gasteiger partial charge is 0.278 e. The summed E-state index contributed by atoms with van der Waals surface area (Å²) in [5.41, 5.74) is 2.75. The van der Waals surface area contributed by atoms with Crippen LogP contribution < -0.4 is 15.5 Å². The van der Waals surface area contributed by atoms with E-state index in [0.29, 0.717) is 21.0 Å². The quantitative estimate of drug-likeness (QED) is 0.260. The zero-order chi connectivity index (χ0) is 19.4. The summed E-state index contributed by atoms with van der Waals surface area (Å²) >= 11 is 3.22. The number of hydrogen-bond donors (Lipinski definition) is 3. The molecule has 0 aliphatic carbocycles. The first-order valence-corrected chi connectivity index (χ1v) is 9.64. The molecule has 0 aliphatic heterocycles. The normalized spacial score (nSPS) is 10.8. The van der Waals surface area contributed by atoms with Crippen LogP contribution in [0.2, 0.25) is 0 Å². The van der Waals surface area contributed by atoms with Crippen molar-refractivity contribution < 1.29 is 23.9 Å². The molecule has 2 aromatic heterocycles. The van der Waals surface area contributed by atoms with Gasteiger partial charge in [0, 0.05) is 8.96 Å². The van der Waals surface area contributed by atoms with Crippen molar-refractivity contribution in [1.82, 2.24) is 10.5 Å². The van der Waals surface area contributed by atoms with Crippen molar-refractivity contribution in [3.8, 4) is 5.75 Å². The van der Waals surface area contributed by atoms with Gasteiger partial charge in [-0.25, -0.2) is 14.9 Å². The molecule has 1 aromatic carbocycles. The number of carbonyl (C=O) groups is 1. The number of rotatable bonds is 7. The average Bonchev–Trinajstić information content (AvgIpc) is 3.01. The number of aliphatic hydroxyl groups is 1. The number of methoxy groups -OCH3 is 1. The molecule has 142 valence electrons.